The van der Waals surface area contributed by atoms with E-state index in [2.05, 4.69) is 121 Å². The Morgan fingerprint density at radius 1 is 0.400 bits per heavy atom. The molecule has 0 atom stereocenters. The lowest BCUT2D eigenvalue weighted by Crippen LogP contribution is -2.19. The summed E-state index contributed by atoms with van der Waals surface area (Å²) < 4.78 is -0.120. The zero-order valence-electron chi connectivity index (χ0n) is 16.4. The van der Waals surface area contributed by atoms with Gasteiger partial charge in [0.2, 0.25) is 0 Å². The summed E-state index contributed by atoms with van der Waals surface area (Å²) >= 11 is 7.77. The second kappa shape index (κ2) is 11.1. The van der Waals surface area contributed by atoms with E-state index in [0.29, 0.717) is 0 Å². The molecule has 150 valence electrons. The predicted molar refractivity (Wildman–Crippen MR) is 137 cm³/mol. The Hall–Kier alpha value is -1.72. The highest BCUT2D eigenvalue weighted by atomic mass is 32.3. The van der Waals surface area contributed by atoms with E-state index in [9.17, 15) is 0 Å². The van der Waals surface area contributed by atoms with Crippen molar-refractivity contribution in [3.05, 3.63) is 121 Å². The number of hydrogen-bond donors (Lipinski definition) is 0. The van der Waals surface area contributed by atoms with Crippen molar-refractivity contribution in [2.75, 3.05) is 5.75 Å². The molecule has 0 fully saturated rings. The van der Waals surface area contributed by atoms with E-state index < -0.39 is 0 Å². The lowest BCUT2D eigenvalue weighted by atomic mass is 10.4. The average Bonchev–Trinajstić information content (AvgIpc) is 2.80. The summed E-state index contributed by atoms with van der Waals surface area (Å²) in [5.41, 5.74) is 0. The molecule has 4 heteroatoms. The van der Waals surface area contributed by atoms with Crippen molar-refractivity contribution in [2.24, 2.45) is 0 Å². The van der Waals surface area contributed by atoms with Crippen LogP contribution in [0.25, 0.3) is 0 Å². The van der Waals surface area contributed by atoms with Gasteiger partial charge in [0.15, 0.2) is 0 Å². The van der Waals surface area contributed by atoms with Crippen LogP contribution in [-0.2, 0) is 0 Å². The summed E-state index contributed by atoms with van der Waals surface area (Å²) in [6.45, 7) is 0. The SMILES string of the molecule is c1ccc(SCC(Sc2ccccc2)(Sc2ccccc2)Sc2ccccc2)cc1. The molecule has 0 N–H and O–H groups in total. The van der Waals surface area contributed by atoms with Crippen molar-refractivity contribution in [3.8, 4) is 0 Å². The fraction of sp³-hybridized carbons (Fsp3) is 0.0769. The van der Waals surface area contributed by atoms with Crippen LogP contribution in [0, 0.1) is 0 Å². The summed E-state index contributed by atoms with van der Waals surface area (Å²) in [4.78, 5) is 5.17. The first-order chi connectivity index (χ1) is 14.8. The zero-order valence-corrected chi connectivity index (χ0v) is 19.7. The van der Waals surface area contributed by atoms with Gasteiger partial charge in [0.1, 0.15) is 3.41 Å². The molecule has 0 heterocycles. The maximum Gasteiger partial charge on any atom is 0.129 e. The highest BCUT2D eigenvalue weighted by molar-refractivity contribution is 8.34. The first-order valence-corrected chi connectivity index (χ1v) is 13.1. The topological polar surface area (TPSA) is 0 Å². The van der Waals surface area contributed by atoms with E-state index >= 15 is 0 Å². The van der Waals surface area contributed by atoms with E-state index in [1.807, 2.05) is 47.0 Å². The number of thioether (sulfide) groups is 4. The van der Waals surface area contributed by atoms with Crippen molar-refractivity contribution in [1.82, 2.24) is 0 Å². The van der Waals surface area contributed by atoms with Crippen LogP contribution in [0.3, 0.4) is 0 Å². The van der Waals surface area contributed by atoms with Gasteiger partial charge in [0, 0.05) is 25.3 Å². The largest absolute Gasteiger partial charge is 0.129 e. The van der Waals surface area contributed by atoms with Gasteiger partial charge in [-0.25, -0.2) is 0 Å². The molecule has 4 rings (SSSR count). The number of hydrogen-bond acceptors (Lipinski definition) is 4. The zero-order chi connectivity index (χ0) is 20.5. The molecule has 0 unspecified atom stereocenters. The third-order valence-corrected chi connectivity index (χ3v) is 10.3. The minimum atomic E-state index is -0.120. The standard InChI is InChI=1S/C26H22S4/c1-5-13-22(14-6-1)27-21-26(28-23-15-7-2-8-16-23,29-24-17-9-3-10-18-24)30-25-19-11-4-12-20-25/h1-20H,21H2. The monoisotopic (exact) mass is 462 g/mol. The molecule has 0 aliphatic carbocycles. The van der Waals surface area contributed by atoms with E-state index in [1.165, 1.54) is 19.6 Å². The van der Waals surface area contributed by atoms with E-state index in [1.54, 1.807) is 0 Å². The van der Waals surface area contributed by atoms with Gasteiger partial charge >= 0.3 is 0 Å². The van der Waals surface area contributed by atoms with Crippen molar-refractivity contribution in [3.63, 3.8) is 0 Å². The molecule has 0 aliphatic heterocycles. The molecule has 0 saturated carbocycles. The molecule has 0 aliphatic rings. The molecule has 4 aromatic rings. The Labute approximate surface area is 196 Å². The van der Waals surface area contributed by atoms with Crippen LogP contribution < -0.4 is 0 Å². The number of rotatable bonds is 9. The van der Waals surface area contributed by atoms with Gasteiger partial charge in [-0.05, 0) is 48.5 Å². The summed E-state index contributed by atoms with van der Waals surface area (Å²) in [6, 6.07) is 43.0. The maximum absolute atomic E-state index is 2.21. The summed E-state index contributed by atoms with van der Waals surface area (Å²) in [7, 11) is 0. The van der Waals surface area contributed by atoms with Crippen LogP contribution in [0.5, 0.6) is 0 Å². The average molecular weight is 463 g/mol. The van der Waals surface area contributed by atoms with Crippen molar-refractivity contribution >= 4 is 47.0 Å². The van der Waals surface area contributed by atoms with Gasteiger partial charge in [0.25, 0.3) is 0 Å². The Bertz CT molecular complexity index is 904. The highest BCUT2D eigenvalue weighted by Gasteiger charge is 2.35. The lowest BCUT2D eigenvalue weighted by molar-refractivity contribution is 1.28. The van der Waals surface area contributed by atoms with E-state index in [0.717, 1.165) is 5.75 Å². The van der Waals surface area contributed by atoms with Crippen LogP contribution >= 0.6 is 47.0 Å². The summed E-state index contributed by atoms with van der Waals surface area (Å²) in [5.74, 6) is 0.968. The van der Waals surface area contributed by atoms with Gasteiger partial charge in [-0.3, -0.25) is 0 Å². The molecular formula is C26H22S4. The minimum Gasteiger partial charge on any atom is -0.123 e. The molecule has 0 amide bonds. The van der Waals surface area contributed by atoms with Gasteiger partial charge in [0.05, 0.1) is 0 Å². The fourth-order valence-corrected chi connectivity index (χ4v) is 8.96. The normalized spacial score (nSPS) is 11.3. The highest BCUT2D eigenvalue weighted by Crippen LogP contribution is 2.57. The Morgan fingerprint density at radius 3 is 1.03 bits per heavy atom. The predicted octanol–water partition coefficient (Wildman–Crippen LogP) is 8.81. The lowest BCUT2D eigenvalue weighted by Gasteiger charge is -2.32. The van der Waals surface area contributed by atoms with Crippen molar-refractivity contribution in [2.45, 2.75) is 23.0 Å². The second-order valence-corrected chi connectivity index (χ2v) is 12.5. The molecular weight excluding hydrogens is 441 g/mol. The van der Waals surface area contributed by atoms with Crippen LogP contribution in [0.1, 0.15) is 0 Å². The second-order valence-electron chi connectivity index (χ2n) is 6.53. The van der Waals surface area contributed by atoms with Crippen molar-refractivity contribution in [1.29, 1.82) is 0 Å². The van der Waals surface area contributed by atoms with Crippen LogP contribution in [0.15, 0.2) is 141 Å². The van der Waals surface area contributed by atoms with Gasteiger partial charge < -0.3 is 0 Å². The molecule has 0 nitrogen and oxygen atoms in total. The first-order valence-electron chi connectivity index (χ1n) is 9.71. The third kappa shape index (κ3) is 6.39. The summed E-state index contributed by atoms with van der Waals surface area (Å²) in [6.07, 6.45) is 0. The van der Waals surface area contributed by atoms with Crippen molar-refractivity contribution < 1.29 is 0 Å². The fourth-order valence-electron chi connectivity index (χ4n) is 2.84. The smallest absolute Gasteiger partial charge is 0.123 e. The Balaban J connectivity index is 1.69. The minimum absolute atomic E-state index is 0.120. The van der Waals surface area contributed by atoms with Gasteiger partial charge in [-0.2, -0.15) is 0 Å². The van der Waals surface area contributed by atoms with Crippen LogP contribution in [-0.4, -0.2) is 9.16 Å². The number of benzene rings is 4. The molecule has 0 aromatic heterocycles. The molecule has 30 heavy (non-hydrogen) atoms. The summed E-state index contributed by atoms with van der Waals surface area (Å²) in [5, 5.41) is 0. The van der Waals surface area contributed by atoms with Gasteiger partial charge in [-0.1, -0.05) is 108 Å². The molecule has 0 radical (unpaired) electrons. The molecule has 0 bridgehead atoms. The molecule has 0 saturated heterocycles. The molecule has 4 aromatic carbocycles. The van der Waals surface area contributed by atoms with Crippen LogP contribution in [0.4, 0.5) is 0 Å². The Kier molecular flexibility index (Phi) is 7.93. The Morgan fingerprint density at radius 2 is 0.700 bits per heavy atom. The van der Waals surface area contributed by atoms with Gasteiger partial charge in [-0.15, -0.1) is 11.8 Å². The van der Waals surface area contributed by atoms with Crippen LogP contribution in [0.2, 0.25) is 0 Å². The first kappa shape index (κ1) is 21.5. The van der Waals surface area contributed by atoms with E-state index in [-0.39, 0.29) is 3.41 Å². The quantitative estimate of drug-likeness (QED) is 0.180. The van der Waals surface area contributed by atoms with E-state index in [4.69, 9.17) is 0 Å². The third-order valence-electron chi connectivity index (χ3n) is 4.21. The molecule has 0 spiro atoms. The maximum atomic E-state index is 2.21.